The van der Waals surface area contributed by atoms with Crippen LogP contribution in [0.4, 0.5) is 0 Å². The summed E-state index contributed by atoms with van der Waals surface area (Å²) in [7, 11) is 0. The predicted octanol–water partition coefficient (Wildman–Crippen LogP) is 2.00. The fourth-order valence-electron chi connectivity index (χ4n) is 4.89. The molecule has 4 bridgehead atoms. The van der Waals surface area contributed by atoms with Crippen LogP contribution in [0.2, 0.25) is 0 Å². The zero-order chi connectivity index (χ0) is 10.8. The SMILES string of the molecule is OC12CC3CC(C1)C(n1ccnc1)C(C3)C2. The second-order valence-electron chi connectivity index (χ2n) is 6.19. The van der Waals surface area contributed by atoms with Crippen molar-refractivity contribution in [3.63, 3.8) is 0 Å². The van der Waals surface area contributed by atoms with Gasteiger partial charge in [-0.2, -0.15) is 0 Å². The Morgan fingerprint density at radius 2 is 1.94 bits per heavy atom. The highest BCUT2D eigenvalue weighted by molar-refractivity contribution is 5.07. The maximum atomic E-state index is 10.5. The van der Waals surface area contributed by atoms with Crippen molar-refractivity contribution in [3.05, 3.63) is 18.7 Å². The number of aromatic nitrogens is 2. The fraction of sp³-hybridized carbons (Fsp3) is 0.769. The quantitative estimate of drug-likeness (QED) is 0.783. The molecule has 2 unspecified atom stereocenters. The second kappa shape index (κ2) is 2.89. The van der Waals surface area contributed by atoms with E-state index in [0.717, 1.165) is 25.2 Å². The zero-order valence-electron chi connectivity index (χ0n) is 9.42. The highest BCUT2D eigenvalue weighted by atomic mass is 16.3. The molecule has 0 radical (unpaired) electrons. The van der Waals surface area contributed by atoms with E-state index in [0.29, 0.717) is 17.9 Å². The van der Waals surface area contributed by atoms with Crippen LogP contribution in [0.15, 0.2) is 18.7 Å². The van der Waals surface area contributed by atoms with Gasteiger partial charge in [0, 0.05) is 18.4 Å². The molecule has 3 nitrogen and oxygen atoms in total. The lowest BCUT2D eigenvalue weighted by molar-refractivity contribution is -0.146. The summed E-state index contributed by atoms with van der Waals surface area (Å²) in [5.41, 5.74) is -0.312. The molecule has 4 aliphatic carbocycles. The lowest BCUT2D eigenvalue weighted by Gasteiger charge is -2.58. The summed E-state index contributed by atoms with van der Waals surface area (Å²) in [6.07, 6.45) is 11.7. The van der Waals surface area contributed by atoms with Crippen molar-refractivity contribution in [1.82, 2.24) is 9.55 Å². The topological polar surface area (TPSA) is 38.0 Å². The first-order chi connectivity index (χ1) is 7.73. The number of nitrogens with zero attached hydrogens (tertiary/aromatic N) is 2. The van der Waals surface area contributed by atoms with Crippen molar-refractivity contribution >= 4 is 0 Å². The van der Waals surface area contributed by atoms with Gasteiger partial charge in [0.25, 0.3) is 0 Å². The molecule has 16 heavy (non-hydrogen) atoms. The van der Waals surface area contributed by atoms with Crippen molar-refractivity contribution in [1.29, 1.82) is 0 Å². The highest BCUT2D eigenvalue weighted by Gasteiger charge is 2.55. The third kappa shape index (κ3) is 1.15. The largest absolute Gasteiger partial charge is 0.390 e. The maximum Gasteiger partial charge on any atom is 0.0948 e. The van der Waals surface area contributed by atoms with E-state index in [2.05, 4.69) is 15.7 Å². The Balaban J connectivity index is 1.72. The van der Waals surface area contributed by atoms with Crippen LogP contribution < -0.4 is 0 Å². The molecule has 3 heteroatoms. The summed E-state index contributed by atoms with van der Waals surface area (Å²) < 4.78 is 2.29. The summed E-state index contributed by atoms with van der Waals surface area (Å²) in [6.45, 7) is 0. The van der Waals surface area contributed by atoms with Crippen LogP contribution in [0.5, 0.6) is 0 Å². The van der Waals surface area contributed by atoms with E-state index < -0.39 is 0 Å². The molecule has 1 N–H and O–H groups in total. The van der Waals surface area contributed by atoms with Crippen LogP contribution in [0.3, 0.4) is 0 Å². The summed E-state index contributed by atoms with van der Waals surface area (Å²) in [5.74, 6) is 2.16. The molecule has 86 valence electrons. The molecular formula is C13H18N2O. The molecule has 4 aliphatic rings. The first-order valence-electron chi connectivity index (χ1n) is 6.43. The normalized spacial score (nSPS) is 49.8. The molecule has 2 atom stereocenters. The minimum Gasteiger partial charge on any atom is -0.390 e. The van der Waals surface area contributed by atoms with Gasteiger partial charge in [-0.25, -0.2) is 4.98 Å². The van der Waals surface area contributed by atoms with Crippen LogP contribution in [0.1, 0.15) is 38.1 Å². The summed E-state index contributed by atoms with van der Waals surface area (Å²) in [5, 5.41) is 10.5. The molecule has 1 heterocycles. The second-order valence-corrected chi connectivity index (χ2v) is 6.19. The molecule has 1 aromatic heterocycles. The Kier molecular flexibility index (Phi) is 1.67. The molecule has 4 saturated carbocycles. The van der Waals surface area contributed by atoms with Gasteiger partial charge in [-0.3, -0.25) is 0 Å². The van der Waals surface area contributed by atoms with E-state index in [-0.39, 0.29) is 5.60 Å². The molecule has 1 aromatic rings. The maximum absolute atomic E-state index is 10.5. The van der Waals surface area contributed by atoms with Gasteiger partial charge >= 0.3 is 0 Å². The van der Waals surface area contributed by atoms with Gasteiger partial charge in [0.05, 0.1) is 11.9 Å². The first-order valence-corrected chi connectivity index (χ1v) is 6.43. The van der Waals surface area contributed by atoms with Gasteiger partial charge < -0.3 is 9.67 Å². The van der Waals surface area contributed by atoms with Gasteiger partial charge in [0.1, 0.15) is 0 Å². The van der Waals surface area contributed by atoms with Crippen LogP contribution >= 0.6 is 0 Å². The van der Waals surface area contributed by atoms with Crippen LogP contribution in [0, 0.1) is 17.8 Å². The summed E-state index contributed by atoms with van der Waals surface area (Å²) in [4.78, 5) is 4.17. The Labute approximate surface area is 95.5 Å². The number of imidazole rings is 1. The lowest BCUT2D eigenvalue weighted by Crippen LogP contribution is -2.54. The molecule has 4 fully saturated rings. The Morgan fingerprint density at radius 1 is 1.19 bits per heavy atom. The summed E-state index contributed by atoms with van der Waals surface area (Å²) in [6, 6.07) is 0.610. The minimum absolute atomic E-state index is 0.312. The van der Waals surface area contributed by atoms with E-state index in [1.165, 1.54) is 12.8 Å². The Morgan fingerprint density at radius 3 is 2.50 bits per heavy atom. The van der Waals surface area contributed by atoms with Gasteiger partial charge in [-0.15, -0.1) is 0 Å². The molecule has 0 amide bonds. The zero-order valence-corrected chi connectivity index (χ0v) is 9.42. The number of hydrogen-bond donors (Lipinski definition) is 1. The van der Waals surface area contributed by atoms with Crippen LogP contribution in [-0.4, -0.2) is 20.3 Å². The third-order valence-corrected chi connectivity index (χ3v) is 5.06. The number of hydrogen-bond acceptors (Lipinski definition) is 2. The molecule has 0 aliphatic heterocycles. The predicted molar refractivity (Wildman–Crippen MR) is 59.8 cm³/mol. The van der Waals surface area contributed by atoms with Gasteiger partial charge in [-0.05, 0) is 49.9 Å². The van der Waals surface area contributed by atoms with Crippen molar-refractivity contribution in [2.24, 2.45) is 17.8 Å². The van der Waals surface area contributed by atoms with E-state index in [1.807, 2.05) is 12.5 Å². The summed E-state index contributed by atoms with van der Waals surface area (Å²) >= 11 is 0. The number of rotatable bonds is 1. The van der Waals surface area contributed by atoms with E-state index in [1.54, 1.807) is 0 Å². The fourth-order valence-corrected chi connectivity index (χ4v) is 4.89. The van der Waals surface area contributed by atoms with Gasteiger partial charge in [0.2, 0.25) is 0 Å². The smallest absolute Gasteiger partial charge is 0.0948 e. The Bertz CT molecular complexity index is 384. The molecule has 0 aromatic carbocycles. The third-order valence-electron chi connectivity index (χ3n) is 5.06. The van der Waals surface area contributed by atoms with E-state index in [4.69, 9.17) is 0 Å². The lowest BCUT2D eigenvalue weighted by atomic mass is 9.52. The monoisotopic (exact) mass is 218 g/mol. The van der Waals surface area contributed by atoms with Crippen molar-refractivity contribution in [3.8, 4) is 0 Å². The average molecular weight is 218 g/mol. The van der Waals surface area contributed by atoms with E-state index >= 15 is 0 Å². The molecular weight excluding hydrogens is 200 g/mol. The van der Waals surface area contributed by atoms with Crippen LogP contribution in [-0.2, 0) is 0 Å². The molecule has 0 spiro atoms. The highest BCUT2D eigenvalue weighted by Crippen LogP contribution is 2.59. The van der Waals surface area contributed by atoms with Gasteiger partial charge in [0.15, 0.2) is 0 Å². The standard InChI is InChI=1S/C13H18N2O/c16-13-5-9-3-10(6-13)12(11(4-9)7-13)15-2-1-14-8-15/h1-2,8-12,16H,3-7H2. The van der Waals surface area contributed by atoms with Crippen molar-refractivity contribution in [2.75, 3.05) is 0 Å². The van der Waals surface area contributed by atoms with Crippen molar-refractivity contribution < 1.29 is 5.11 Å². The Hall–Kier alpha value is -0.830. The molecule has 5 rings (SSSR count). The van der Waals surface area contributed by atoms with Gasteiger partial charge in [-0.1, -0.05) is 0 Å². The number of aliphatic hydroxyl groups is 1. The first kappa shape index (κ1) is 9.23. The average Bonchev–Trinajstić information content (AvgIpc) is 2.67. The van der Waals surface area contributed by atoms with Crippen LogP contribution in [0.25, 0.3) is 0 Å². The van der Waals surface area contributed by atoms with E-state index in [9.17, 15) is 5.11 Å². The van der Waals surface area contributed by atoms with Crippen molar-refractivity contribution in [2.45, 2.75) is 43.7 Å². The molecule has 0 saturated heterocycles. The minimum atomic E-state index is -0.312.